The van der Waals surface area contributed by atoms with Crippen molar-refractivity contribution in [2.45, 2.75) is 25.3 Å². The summed E-state index contributed by atoms with van der Waals surface area (Å²) in [5.74, 6) is 4.41. The molecule has 0 heterocycles. The SMILES string of the molecule is NNc1c(F)cccc1C(=O)N(CCO)C1CCC1. The average Bonchev–Trinajstić information content (AvgIpc) is 2.35. The first-order chi connectivity index (χ1) is 9.19. The Hall–Kier alpha value is -1.66. The van der Waals surface area contributed by atoms with Crippen molar-refractivity contribution in [3.63, 3.8) is 0 Å². The number of carbonyl (C=O) groups excluding carboxylic acids is 1. The van der Waals surface area contributed by atoms with E-state index in [-0.39, 0.29) is 36.4 Å². The number of hydrogen-bond acceptors (Lipinski definition) is 4. The van der Waals surface area contributed by atoms with Gasteiger partial charge in [-0.25, -0.2) is 4.39 Å². The van der Waals surface area contributed by atoms with Gasteiger partial charge >= 0.3 is 0 Å². The fraction of sp³-hybridized carbons (Fsp3) is 0.462. The molecule has 1 aromatic rings. The Morgan fingerprint density at radius 2 is 2.26 bits per heavy atom. The van der Waals surface area contributed by atoms with Crippen LogP contribution in [-0.4, -0.2) is 35.1 Å². The number of carbonyl (C=O) groups is 1. The fourth-order valence-electron chi connectivity index (χ4n) is 2.26. The van der Waals surface area contributed by atoms with Crippen molar-refractivity contribution in [1.29, 1.82) is 0 Å². The molecule has 1 aliphatic rings. The molecule has 0 saturated heterocycles. The second kappa shape index (κ2) is 5.99. The van der Waals surface area contributed by atoms with Gasteiger partial charge in [-0.15, -0.1) is 0 Å². The van der Waals surface area contributed by atoms with Crippen LogP contribution in [0.3, 0.4) is 0 Å². The maximum Gasteiger partial charge on any atom is 0.256 e. The summed E-state index contributed by atoms with van der Waals surface area (Å²) in [5, 5.41) is 9.07. The van der Waals surface area contributed by atoms with Gasteiger partial charge in [0.2, 0.25) is 0 Å². The van der Waals surface area contributed by atoms with Crippen LogP contribution in [0.25, 0.3) is 0 Å². The molecule has 5 nitrogen and oxygen atoms in total. The molecule has 1 saturated carbocycles. The van der Waals surface area contributed by atoms with Gasteiger partial charge in [0.15, 0.2) is 0 Å². The monoisotopic (exact) mass is 267 g/mol. The Morgan fingerprint density at radius 3 is 2.79 bits per heavy atom. The number of hydrogen-bond donors (Lipinski definition) is 3. The number of nitrogens with two attached hydrogens (primary N) is 1. The number of nitrogens with zero attached hydrogens (tertiary/aromatic N) is 1. The number of aliphatic hydroxyl groups is 1. The molecule has 6 heteroatoms. The van der Waals surface area contributed by atoms with E-state index in [1.54, 1.807) is 4.90 Å². The first-order valence-electron chi connectivity index (χ1n) is 6.36. The maximum absolute atomic E-state index is 13.6. The van der Waals surface area contributed by atoms with Crippen LogP contribution in [0.4, 0.5) is 10.1 Å². The number of nitrogen functional groups attached to an aromatic ring is 1. The zero-order chi connectivity index (χ0) is 13.8. The molecular formula is C13H18FN3O2. The number of benzene rings is 1. The summed E-state index contributed by atoms with van der Waals surface area (Å²) in [6.45, 7) is 0.146. The molecule has 0 aromatic heterocycles. The maximum atomic E-state index is 13.6. The summed E-state index contributed by atoms with van der Waals surface area (Å²) in [5.41, 5.74) is 2.42. The Kier molecular flexibility index (Phi) is 4.34. The van der Waals surface area contributed by atoms with Crippen LogP contribution in [0, 0.1) is 5.82 Å². The second-order valence-electron chi connectivity index (χ2n) is 4.61. The van der Waals surface area contributed by atoms with Crippen LogP contribution < -0.4 is 11.3 Å². The van der Waals surface area contributed by atoms with Gasteiger partial charge in [-0.3, -0.25) is 10.6 Å². The highest BCUT2D eigenvalue weighted by atomic mass is 19.1. The summed E-state index contributed by atoms with van der Waals surface area (Å²) >= 11 is 0. The quantitative estimate of drug-likeness (QED) is 0.551. The number of amides is 1. The number of para-hydroxylation sites is 1. The van der Waals surface area contributed by atoms with Crippen molar-refractivity contribution in [2.24, 2.45) is 5.84 Å². The molecule has 1 fully saturated rings. The minimum absolute atomic E-state index is 0.00485. The number of rotatable bonds is 5. The molecule has 0 unspecified atom stereocenters. The summed E-state index contributed by atoms with van der Waals surface area (Å²) in [6.07, 6.45) is 2.92. The third-order valence-corrected chi connectivity index (χ3v) is 3.51. The normalized spacial score (nSPS) is 14.9. The van der Waals surface area contributed by atoms with Gasteiger partial charge in [0.25, 0.3) is 5.91 Å². The van der Waals surface area contributed by atoms with E-state index in [0.29, 0.717) is 0 Å². The molecule has 2 rings (SSSR count). The molecule has 4 N–H and O–H groups in total. The molecule has 1 aliphatic carbocycles. The average molecular weight is 267 g/mol. The highest BCUT2D eigenvalue weighted by Crippen LogP contribution is 2.28. The van der Waals surface area contributed by atoms with Crippen LogP contribution >= 0.6 is 0 Å². The summed E-state index contributed by atoms with van der Waals surface area (Å²) in [4.78, 5) is 14.0. The van der Waals surface area contributed by atoms with E-state index >= 15 is 0 Å². The van der Waals surface area contributed by atoms with E-state index in [2.05, 4.69) is 5.43 Å². The van der Waals surface area contributed by atoms with Crippen molar-refractivity contribution in [3.05, 3.63) is 29.6 Å². The van der Waals surface area contributed by atoms with E-state index in [4.69, 9.17) is 10.9 Å². The molecule has 104 valence electrons. The molecule has 0 aliphatic heterocycles. The molecule has 0 spiro atoms. The van der Waals surface area contributed by atoms with E-state index < -0.39 is 5.82 Å². The van der Waals surface area contributed by atoms with Crippen LogP contribution in [0.2, 0.25) is 0 Å². The molecule has 1 aromatic carbocycles. The molecular weight excluding hydrogens is 249 g/mol. The van der Waals surface area contributed by atoms with Gasteiger partial charge in [0, 0.05) is 12.6 Å². The number of nitrogens with one attached hydrogen (secondary N) is 1. The van der Waals surface area contributed by atoms with Gasteiger partial charge in [-0.2, -0.15) is 0 Å². The lowest BCUT2D eigenvalue weighted by molar-refractivity contribution is 0.0526. The van der Waals surface area contributed by atoms with Crippen molar-refractivity contribution in [1.82, 2.24) is 4.90 Å². The molecule has 0 bridgehead atoms. The molecule has 0 radical (unpaired) electrons. The smallest absolute Gasteiger partial charge is 0.256 e. The Labute approximate surface area is 111 Å². The number of hydrazine groups is 1. The third-order valence-electron chi connectivity index (χ3n) is 3.51. The number of halogens is 1. The van der Waals surface area contributed by atoms with Gasteiger partial charge in [-0.1, -0.05) is 6.07 Å². The predicted octanol–water partition coefficient (Wildman–Crippen LogP) is 1.10. The molecule has 0 atom stereocenters. The highest BCUT2D eigenvalue weighted by molar-refractivity contribution is 5.99. The lowest BCUT2D eigenvalue weighted by atomic mass is 9.91. The summed E-state index contributed by atoms with van der Waals surface area (Å²) < 4.78 is 13.6. The van der Waals surface area contributed by atoms with Crippen molar-refractivity contribution in [3.8, 4) is 0 Å². The Bertz CT molecular complexity index is 463. The predicted molar refractivity (Wildman–Crippen MR) is 70.0 cm³/mol. The van der Waals surface area contributed by atoms with Gasteiger partial charge in [0.1, 0.15) is 5.82 Å². The zero-order valence-electron chi connectivity index (χ0n) is 10.6. The van der Waals surface area contributed by atoms with E-state index in [1.807, 2.05) is 0 Å². The van der Waals surface area contributed by atoms with Gasteiger partial charge in [0.05, 0.1) is 17.9 Å². The van der Waals surface area contributed by atoms with Gasteiger partial charge < -0.3 is 15.4 Å². The second-order valence-corrected chi connectivity index (χ2v) is 4.61. The number of aliphatic hydroxyl groups excluding tert-OH is 1. The lowest BCUT2D eigenvalue weighted by Gasteiger charge is -2.37. The van der Waals surface area contributed by atoms with E-state index in [1.165, 1.54) is 18.2 Å². The highest BCUT2D eigenvalue weighted by Gasteiger charge is 2.30. The summed E-state index contributed by atoms with van der Waals surface area (Å²) in [7, 11) is 0. The molecule has 19 heavy (non-hydrogen) atoms. The van der Waals surface area contributed by atoms with Crippen LogP contribution in [0.5, 0.6) is 0 Å². The summed E-state index contributed by atoms with van der Waals surface area (Å²) in [6, 6.07) is 4.38. The minimum Gasteiger partial charge on any atom is -0.395 e. The molecule has 1 amide bonds. The Balaban J connectivity index is 2.28. The van der Waals surface area contributed by atoms with Crippen molar-refractivity contribution < 1.29 is 14.3 Å². The topological polar surface area (TPSA) is 78.6 Å². The van der Waals surface area contributed by atoms with Crippen molar-refractivity contribution in [2.75, 3.05) is 18.6 Å². The fourth-order valence-corrected chi connectivity index (χ4v) is 2.26. The Morgan fingerprint density at radius 1 is 1.53 bits per heavy atom. The first-order valence-corrected chi connectivity index (χ1v) is 6.36. The van der Waals surface area contributed by atoms with E-state index in [0.717, 1.165) is 19.3 Å². The first kappa shape index (κ1) is 13.8. The zero-order valence-corrected chi connectivity index (χ0v) is 10.6. The van der Waals surface area contributed by atoms with Gasteiger partial charge in [-0.05, 0) is 31.4 Å². The van der Waals surface area contributed by atoms with Crippen LogP contribution in [-0.2, 0) is 0 Å². The standard InChI is InChI=1S/C13H18FN3O2/c14-11-6-2-5-10(12(11)16-15)13(19)17(7-8-18)9-3-1-4-9/h2,5-6,9,16,18H,1,3-4,7-8,15H2. The largest absolute Gasteiger partial charge is 0.395 e. The third kappa shape index (κ3) is 2.69. The van der Waals surface area contributed by atoms with Crippen LogP contribution in [0.1, 0.15) is 29.6 Å². The van der Waals surface area contributed by atoms with Crippen molar-refractivity contribution >= 4 is 11.6 Å². The minimum atomic E-state index is -0.564. The number of anilines is 1. The van der Waals surface area contributed by atoms with E-state index in [9.17, 15) is 9.18 Å². The van der Waals surface area contributed by atoms with Crippen LogP contribution in [0.15, 0.2) is 18.2 Å². The lowest BCUT2D eigenvalue weighted by Crippen LogP contribution is -2.46.